The second kappa shape index (κ2) is 8.75. The van der Waals surface area contributed by atoms with Gasteiger partial charge in [0.15, 0.2) is 0 Å². The molecule has 2 unspecified atom stereocenters. The molecule has 138 valence electrons. The second-order valence-electron chi connectivity index (χ2n) is 8.78. The number of benzene rings is 1. The third kappa shape index (κ3) is 4.53. The van der Waals surface area contributed by atoms with Crippen LogP contribution in [0.25, 0.3) is 0 Å². The zero-order valence-corrected chi connectivity index (χ0v) is 18.6. The van der Waals surface area contributed by atoms with Crippen LogP contribution in [-0.2, 0) is 4.74 Å². The summed E-state index contributed by atoms with van der Waals surface area (Å²) in [6, 6.07) is 9.59. The van der Waals surface area contributed by atoms with E-state index < -0.39 is 0 Å². The zero-order valence-electron chi connectivity index (χ0n) is 17.7. The van der Waals surface area contributed by atoms with Gasteiger partial charge in [-0.15, -0.1) is 11.2 Å². The quantitative estimate of drug-likeness (QED) is 0.439. The van der Waals surface area contributed by atoms with Gasteiger partial charge in [-0.3, -0.25) is 0 Å². The summed E-state index contributed by atoms with van der Waals surface area (Å²) in [6.45, 7) is 16.4. The Hall–Kier alpha value is -0.383. The van der Waals surface area contributed by atoms with Crippen molar-refractivity contribution < 1.29 is 28.4 Å². The average molecular weight is 366 g/mol. The fourth-order valence-corrected chi connectivity index (χ4v) is 4.75. The average Bonchev–Trinajstić information content (AvgIpc) is 2.53. The van der Waals surface area contributed by atoms with Gasteiger partial charge in [0.2, 0.25) is 0 Å². The maximum Gasteiger partial charge on any atom is 1.00 e. The van der Waals surface area contributed by atoms with Crippen molar-refractivity contribution in [1.29, 1.82) is 0 Å². The van der Waals surface area contributed by atoms with Gasteiger partial charge in [-0.2, -0.15) is 0 Å². The minimum atomic E-state index is -0.235. The molecule has 2 atom stereocenters. The fraction of sp³-hybridized carbons (Fsp3) is 0.591. The van der Waals surface area contributed by atoms with Crippen molar-refractivity contribution in [1.82, 2.24) is 0 Å². The van der Waals surface area contributed by atoms with Crippen LogP contribution in [0, 0.1) is 16.7 Å². The van der Waals surface area contributed by atoms with Crippen LogP contribution in [0.2, 0.25) is 0 Å². The van der Waals surface area contributed by atoms with E-state index in [1.54, 1.807) is 0 Å². The van der Waals surface area contributed by atoms with Crippen LogP contribution in [0.1, 0.15) is 58.8 Å². The van der Waals surface area contributed by atoms with E-state index in [4.69, 9.17) is 4.74 Å². The standard InChI is InChI=1S/C22H32O2P.Li/c1-16(2)15-24-18-13-14-22(7,21(5,6)20(18,3)4)25-19(23)17-11-9-8-10-12-17;/h8-14,16,18H,15H2,1-7H3;/q-1;+1. The maximum atomic E-state index is 12.8. The van der Waals surface area contributed by atoms with Crippen LogP contribution < -0.4 is 18.9 Å². The molecule has 1 aliphatic rings. The second-order valence-corrected chi connectivity index (χ2v) is 10.3. The van der Waals surface area contributed by atoms with E-state index in [0.717, 1.165) is 20.8 Å². The smallest absolute Gasteiger partial charge is 0.448 e. The van der Waals surface area contributed by atoms with Crippen LogP contribution >= 0.6 is 8.58 Å². The first kappa shape index (κ1) is 23.7. The molecule has 0 radical (unpaired) electrons. The molecule has 1 aromatic carbocycles. The maximum absolute atomic E-state index is 12.8. The molecule has 0 N–H and O–H groups in total. The number of rotatable bonds is 6. The van der Waals surface area contributed by atoms with Gasteiger partial charge in [-0.1, -0.05) is 84.9 Å². The minimum Gasteiger partial charge on any atom is -0.448 e. The molecule has 0 fully saturated rings. The van der Waals surface area contributed by atoms with Gasteiger partial charge < -0.3 is 18.1 Å². The van der Waals surface area contributed by atoms with Gasteiger partial charge in [0, 0.05) is 12.1 Å². The predicted molar refractivity (Wildman–Crippen MR) is 107 cm³/mol. The number of carbonyl (C=O) groups excluding carboxylic acids is 1. The number of hydrogen-bond acceptors (Lipinski definition) is 2. The molecule has 0 aliphatic heterocycles. The molecule has 26 heavy (non-hydrogen) atoms. The molecule has 0 bridgehead atoms. The molecule has 1 aliphatic carbocycles. The van der Waals surface area contributed by atoms with E-state index in [9.17, 15) is 4.79 Å². The number of carbonyl (C=O) groups is 1. The number of hydrogen-bond donors (Lipinski definition) is 0. The molecule has 0 aromatic heterocycles. The van der Waals surface area contributed by atoms with E-state index >= 15 is 0 Å². The Kier molecular flexibility index (Phi) is 7.96. The predicted octanol–water partition coefficient (Wildman–Crippen LogP) is 3.20. The van der Waals surface area contributed by atoms with Crippen molar-refractivity contribution in [2.24, 2.45) is 16.7 Å². The zero-order chi connectivity index (χ0) is 18.9. The summed E-state index contributed by atoms with van der Waals surface area (Å²) in [6.07, 6.45) is 4.46. The topological polar surface area (TPSA) is 26.3 Å². The molecule has 0 amide bonds. The normalized spacial score (nSPS) is 26.8. The van der Waals surface area contributed by atoms with Gasteiger partial charge in [-0.05, 0) is 22.3 Å². The molecule has 1 aromatic rings. The fourth-order valence-electron chi connectivity index (χ4n) is 3.32. The van der Waals surface area contributed by atoms with Crippen LogP contribution in [0.3, 0.4) is 0 Å². The first-order valence-corrected chi connectivity index (χ1v) is 10.0. The van der Waals surface area contributed by atoms with E-state index in [-0.39, 0.29) is 46.5 Å². The van der Waals surface area contributed by atoms with Gasteiger partial charge in [0.05, 0.1) is 6.10 Å². The van der Waals surface area contributed by atoms with Crippen molar-refractivity contribution in [2.45, 2.75) is 59.7 Å². The third-order valence-electron chi connectivity index (χ3n) is 6.15. The van der Waals surface area contributed by atoms with E-state index in [1.807, 2.05) is 30.3 Å². The first-order chi connectivity index (χ1) is 11.5. The summed E-state index contributed by atoms with van der Waals surface area (Å²) in [5.74, 6) is 0.512. The van der Waals surface area contributed by atoms with Crippen molar-refractivity contribution in [2.75, 3.05) is 6.61 Å². The largest absolute Gasteiger partial charge is 1.00 e. The Morgan fingerprint density at radius 2 is 1.69 bits per heavy atom. The van der Waals surface area contributed by atoms with Crippen LogP contribution in [0.15, 0.2) is 42.5 Å². The minimum absolute atomic E-state index is 0. The van der Waals surface area contributed by atoms with Gasteiger partial charge in [0.25, 0.3) is 0 Å². The third-order valence-corrected chi connectivity index (χ3v) is 7.78. The summed E-state index contributed by atoms with van der Waals surface area (Å²) in [5, 5.41) is -0.235. The molecule has 2 nitrogen and oxygen atoms in total. The summed E-state index contributed by atoms with van der Waals surface area (Å²) in [7, 11) is 0.820. The number of allylic oxidation sites excluding steroid dienone is 1. The van der Waals surface area contributed by atoms with Crippen LogP contribution in [-0.4, -0.2) is 23.4 Å². The monoisotopic (exact) mass is 366 g/mol. The Morgan fingerprint density at radius 1 is 1.12 bits per heavy atom. The molecule has 0 saturated heterocycles. The molecular formula is C22H32LiO2P. The van der Waals surface area contributed by atoms with Crippen molar-refractivity contribution in [3.63, 3.8) is 0 Å². The van der Waals surface area contributed by atoms with E-state index in [0.29, 0.717) is 5.92 Å². The van der Waals surface area contributed by atoms with E-state index in [2.05, 4.69) is 60.6 Å². The van der Waals surface area contributed by atoms with Crippen LogP contribution in [0.4, 0.5) is 0 Å². The molecule has 2 rings (SSSR count). The first-order valence-electron chi connectivity index (χ1n) is 9.14. The summed E-state index contributed by atoms with van der Waals surface area (Å²) < 4.78 is 6.20. The summed E-state index contributed by atoms with van der Waals surface area (Å²) in [5.41, 5.74) is 0.793. The van der Waals surface area contributed by atoms with Gasteiger partial charge in [0.1, 0.15) is 0 Å². The van der Waals surface area contributed by atoms with Gasteiger partial charge >= 0.3 is 18.9 Å². The Bertz CT molecular complexity index is 637. The Morgan fingerprint density at radius 3 is 2.23 bits per heavy atom. The summed E-state index contributed by atoms with van der Waals surface area (Å²) >= 11 is 0. The van der Waals surface area contributed by atoms with E-state index in [1.165, 1.54) is 0 Å². The van der Waals surface area contributed by atoms with Crippen molar-refractivity contribution >= 4 is 14.1 Å². The molecule has 4 heteroatoms. The SMILES string of the molecule is CC(C)COC1C=CC(C)([P-]C(=O)c2ccccc2)C(C)(C)C1(C)C.[Li+]. The summed E-state index contributed by atoms with van der Waals surface area (Å²) in [4.78, 5) is 12.8. The Balaban J connectivity index is 0.00000338. The molecule has 0 spiro atoms. The molecule has 0 saturated carbocycles. The molecule has 0 heterocycles. The molecular weight excluding hydrogens is 334 g/mol. The van der Waals surface area contributed by atoms with Crippen molar-refractivity contribution in [3.05, 3.63) is 48.0 Å². The van der Waals surface area contributed by atoms with Crippen molar-refractivity contribution in [3.8, 4) is 0 Å². The van der Waals surface area contributed by atoms with Gasteiger partial charge in [-0.25, -0.2) is 0 Å². The number of ether oxygens (including phenoxy) is 1. The Labute approximate surface area is 173 Å². The van der Waals surface area contributed by atoms with Crippen LogP contribution in [0.5, 0.6) is 0 Å².